The lowest BCUT2D eigenvalue weighted by Crippen LogP contribution is -2.62. The molecule has 5 nitrogen and oxygen atoms in total. The van der Waals surface area contributed by atoms with Gasteiger partial charge in [-0.05, 0) is 19.1 Å². The highest BCUT2D eigenvalue weighted by atomic mass is 32.2. The zero-order valence-corrected chi connectivity index (χ0v) is 10.5. The maximum Gasteiger partial charge on any atom is 0.415 e. The van der Waals surface area contributed by atoms with Gasteiger partial charge >= 0.3 is 6.18 Å². The van der Waals surface area contributed by atoms with E-state index >= 15 is 0 Å². The van der Waals surface area contributed by atoms with Crippen molar-refractivity contribution in [1.29, 1.82) is 0 Å². The molecule has 0 saturated heterocycles. The summed E-state index contributed by atoms with van der Waals surface area (Å²) < 4.78 is 62.1. The first-order valence-corrected chi connectivity index (χ1v) is 6.45. The van der Waals surface area contributed by atoms with E-state index < -0.39 is 27.6 Å². The second-order valence-electron chi connectivity index (χ2n) is 3.95. The summed E-state index contributed by atoms with van der Waals surface area (Å²) in [6.45, 7) is 0.392. The van der Waals surface area contributed by atoms with Gasteiger partial charge < -0.3 is 5.73 Å². The average Bonchev–Trinajstić information content (AvgIpc) is 2.28. The Kier molecular flexibility index (Phi) is 3.92. The largest absolute Gasteiger partial charge is 0.415 e. The predicted octanol–water partition coefficient (Wildman–Crippen LogP) is 0.771. The summed E-state index contributed by atoms with van der Waals surface area (Å²) in [6, 6.07) is 6.52. The molecule has 0 aliphatic heterocycles. The zero-order valence-electron chi connectivity index (χ0n) is 9.73. The van der Waals surface area contributed by atoms with Crippen LogP contribution in [0.3, 0.4) is 0 Å². The number of carbonyl (C=O) groups is 1. The summed E-state index contributed by atoms with van der Waals surface area (Å²) in [4.78, 5) is 11.0. The van der Waals surface area contributed by atoms with Crippen molar-refractivity contribution >= 4 is 15.9 Å². The molecule has 19 heavy (non-hydrogen) atoms. The smallest absolute Gasteiger partial charge is 0.310 e. The summed E-state index contributed by atoms with van der Waals surface area (Å²) in [7, 11) is -4.38. The first kappa shape index (κ1) is 15.4. The van der Waals surface area contributed by atoms with Crippen molar-refractivity contribution < 1.29 is 26.4 Å². The molecule has 0 radical (unpaired) electrons. The molecule has 0 aliphatic rings. The molecule has 1 unspecified atom stereocenters. The number of sulfonamides is 1. The van der Waals surface area contributed by atoms with Crippen LogP contribution in [0.15, 0.2) is 35.2 Å². The van der Waals surface area contributed by atoms with E-state index in [9.17, 15) is 26.4 Å². The molecule has 0 heterocycles. The molecule has 9 heteroatoms. The second kappa shape index (κ2) is 4.82. The van der Waals surface area contributed by atoms with E-state index in [-0.39, 0.29) is 4.90 Å². The summed E-state index contributed by atoms with van der Waals surface area (Å²) in [6.07, 6.45) is -5.07. The molecule has 0 spiro atoms. The SMILES string of the molecule is CC(N)(C(=O)NS(=O)(=O)c1ccccc1)C(F)(F)F. The van der Waals surface area contributed by atoms with E-state index in [4.69, 9.17) is 5.73 Å². The fraction of sp³-hybridized carbons (Fsp3) is 0.300. The Morgan fingerprint density at radius 2 is 1.68 bits per heavy atom. The van der Waals surface area contributed by atoms with Gasteiger partial charge in [-0.25, -0.2) is 13.1 Å². The molecular formula is C10H11F3N2O3S. The lowest BCUT2D eigenvalue weighted by molar-refractivity contribution is -0.186. The summed E-state index contributed by atoms with van der Waals surface area (Å²) in [5, 5.41) is 0. The third kappa shape index (κ3) is 3.24. The number of benzene rings is 1. The second-order valence-corrected chi connectivity index (χ2v) is 5.63. The van der Waals surface area contributed by atoms with Crippen LogP contribution in [-0.4, -0.2) is 26.0 Å². The van der Waals surface area contributed by atoms with Gasteiger partial charge in [-0.1, -0.05) is 18.2 Å². The Balaban J connectivity index is 3.01. The van der Waals surface area contributed by atoms with Gasteiger partial charge in [0.25, 0.3) is 15.9 Å². The van der Waals surface area contributed by atoms with Crippen LogP contribution in [0.4, 0.5) is 13.2 Å². The molecule has 0 fully saturated rings. The van der Waals surface area contributed by atoms with Gasteiger partial charge in [0, 0.05) is 0 Å². The molecule has 0 saturated carbocycles. The van der Waals surface area contributed by atoms with Gasteiger partial charge in [0.05, 0.1) is 4.90 Å². The quantitative estimate of drug-likeness (QED) is 0.862. The van der Waals surface area contributed by atoms with E-state index in [0.29, 0.717) is 6.92 Å². The van der Waals surface area contributed by atoms with E-state index in [2.05, 4.69) is 0 Å². The van der Waals surface area contributed by atoms with Crippen LogP contribution >= 0.6 is 0 Å². The maximum absolute atomic E-state index is 12.5. The number of alkyl halides is 3. The van der Waals surface area contributed by atoms with Gasteiger partial charge in [0.1, 0.15) is 0 Å². The van der Waals surface area contributed by atoms with Gasteiger partial charge in [0.2, 0.25) is 0 Å². The summed E-state index contributed by atoms with van der Waals surface area (Å²) >= 11 is 0. The fourth-order valence-corrected chi connectivity index (χ4v) is 2.10. The van der Waals surface area contributed by atoms with Gasteiger partial charge in [-0.2, -0.15) is 13.2 Å². The van der Waals surface area contributed by atoms with Crippen molar-refractivity contribution in [3.63, 3.8) is 0 Å². The minimum atomic E-state index is -5.07. The van der Waals surface area contributed by atoms with E-state index in [1.165, 1.54) is 22.9 Å². The number of nitrogens with one attached hydrogen (secondary N) is 1. The first-order valence-electron chi connectivity index (χ1n) is 4.96. The minimum absolute atomic E-state index is 0.332. The van der Waals surface area contributed by atoms with E-state index in [1.807, 2.05) is 0 Å². The van der Waals surface area contributed by atoms with Crippen molar-refractivity contribution in [2.45, 2.75) is 23.5 Å². The normalized spacial score (nSPS) is 15.6. The van der Waals surface area contributed by atoms with Gasteiger partial charge in [-0.3, -0.25) is 4.79 Å². The molecule has 1 aromatic rings. The fourth-order valence-electron chi connectivity index (χ4n) is 1.02. The molecule has 1 aromatic carbocycles. The number of amides is 1. The number of hydrogen-bond acceptors (Lipinski definition) is 4. The van der Waals surface area contributed by atoms with Gasteiger partial charge in [0.15, 0.2) is 5.54 Å². The van der Waals surface area contributed by atoms with Crippen LogP contribution in [0.1, 0.15) is 6.92 Å². The highest BCUT2D eigenvalue weighted by molar-refractivity contribution is 7.90. The predicted molar refractivity (Wildman–Crippen MR) is 60.4 cm³/mol. The molecule has 1 atom stereocenters. The lowest BCUT2D eigenvalue weighted by Gasteiger charge is -2.25. The molecular weight excluding hydrogens is 285 g/mol. The van der Waals surface area contributed by atoms with Crippen molar-refractivity contribution in [3.8, 4) is 0 Å². The molecule has 0 bridgehead atoms. The third-order valence-corrected chi connectivity index (χ3v) is 3.69. The Morgan fingerprint density at radius 3 is 2.11 bits per heavy atom. The molecule has 0 aliphatic carbocycles. The number of rotatable bonds is 3. The minimum Gasteiger partial charge on any atom is -0.310 e. The first-order chi connectivity index (χ1) is 8.48. The summed E-state index contributed by atoms with van der Waals surface area (Å²) in [5.74, 6) is -1.84. The van der Waals surface area contributed by atoms with Gasteiger partial charge in [-0.15, -0.1) is 0 Å². The third-order valence-electron chi connectivity index (χ3n) is 2.34. The van der Waals surface area contributed by atoms with Crippen LogP contribution in [0, 0.1) is 0 Å². The standard InChI is InChI=1S/C10H11F3N2O3S/c1-9(14,10(11,12)13)8(16)15-19(17,18)7-5-3-2-4-6-7/h2-6H,14H2,1H3,(H,15,16). The number of halogens is 3. The molecule has 1 rings (SSSR count). The van der Waals surface area contributed by atoms with Crippen LogP contribution in [0.2, 0.25) is 0 Å². The van der Waals surface area contributed by atoms with E-state index in [0.717, 1.165) is 12.1 Å². The lowest BCUT2D eigenvalue weighted by atomic mass is 10.0. The number of carbonyl (C=O) groups excluding carboxylic acids is 1. The Bertz CT molecular complexity index is 567. The maximum atomic E-state index is 12.5. The van der Waals surface area contributed by atoms with Crippen LogP contribution in [0.25, 0.3) is 0 Å². The molecule has 106 valence electrons. The molecule has 3 N–H and O–H groups in total. The van der Waals surface area contributed by atoms with E-state index in [1.54, 1.807) is 0 Å². The Hall–Kier alpha value is -1.61. The topological polar surface area (TPSA) is 89.3 Å². The Labute approximate surface area is 107 Å². The van der Waals surface area contributed by atoms with Crippen LogP contribution in [-0.2, 0) is 14.8 Å². The van der Waals surface area contributed by atoms with Crippen molar-refractivity contribution in [3.05, 3.63) is 30.3 Å². The summed E-state index contributed by atoms with van der Waals surface area (Å²) in [5.41, 5.74) is 1.52. The molecule has 0 aromatic heterocycles. The zero-order chi connectivity index (χ0) is 14.9. The highest BCUT2D eigenvalue weighted by Gasteiger charge is 2.54. The van der Waals surface area contributed by atoms with Crippen molar-refractivity contribution in [2.24, 2.45) is 5.73 Å². The highest BCUT2D eigenvalue weighted by Crippen LogP contribution is 2.28. The number of hydrogen-bond donors (Lipinski definition) is 2. The molecule has 1 amide bonds. The monoisotopic (exact) mass is 296 g/mol. The van der Waals surface area contributed by atoms with Crippen molar-refractivity contribution in [2.75, 3.05) is 0 Å². The van der Waals surface area contributed by atoms with Crippen LogP contribution in [0.5, 0.6) is 0 Å². The van der Waals surface area contributed by atoms with Crippen LogP contribution < -0.4 is 10.5 Å². The number of nitrogens with two attached hydrogens (primary N) is 1. The van der Waals surface area contributed by atoms with Crippen molar-refractivity contribution in [1.82, 2.24) is 4.72 Å². The average molecular weight is 296 g/mol. The Morgan fingerprint density at radius 1 is 1.21 bits per heavy atom.